The van der Waals surface area contributed by atoms with Crippen LogP contribution in [0.3, 0.4) is 0 Å². The Bertz CT molecular complexity index is 1100. The minimum atomic E-state index is -0.756. The maximum atomic E-state index is 15.3. The molecule has 3 aromatic rings. The highest BCUT2D eigenvalue weighted by molar-refractivity contribution is 6.34. The Labute approximate surface area is 179 Å². The first kappa shape index (κ1) is 20.6. The van der Waals surface area contributed by atoms with Crippen molar-refractivity contribution in [1.82, 2.24) is 5.32 Å². The molecule has 0 saturated carbocycles. The van der Waals surface area contributed by atoms with Crippen LogP contribution in [0.1, 0.15) is 16.7 Å². The highest BCUT2D eigenvalue weighted by Crippen LogP contribution is 2.50. The van der Waals surface area contributed by atoms with E-state index >= 15 is 4.39 Å². The van der Waals surface area contributed by atoms with E-state index in [0.717, 1.165) is 5.56 Å². The molecular formula is C24H22ClF2NO2. The number of nitrogens with one attached hydrogen (secondary N) is 1. The highest BCUT2D eigenvalue weighted by Gasteiger charge is 2.43. The van der Waals surface area contributed by atoms with Gasteiger partial charge in [0, 0.05) is 35.7 Å². The van der Waals surface area contributed by atoms with E-state index in [-0.39, 0.29) is 16.3 Å². The molecule has 6 heteroatoms. The zero-order valence-electron chi connectivity index (χ0n) is 17.0. The summed E-state index contributed by atoms with van der Waals surface area (Å²) in [6.07, 6.45) is 0.415. The summed E-state index contributed by atoms with van der Waals surface area (Å²) in [4.78, 5) is 0. The second-order valence-electron chi connectivity index (χ2n) is 7.47. The highest BCUT2D eigenvalue weighted by atomic mass is 35.5. The van der Waals surface area contributed by atoms with Crippen molar-refractivity contribution >= 4 is 11.6 Å². The molecule has 1 aliphatic rings. The van der Waals surface area contributed by atoms with Crippen molar-refractivity contribution in [2.75, 3.05) is 20.7 Å². The van der Waals surface area contributed by atoms with Gasteiger partial charge in [0.25, 0.3) is 0 Å². The summed E-state index contributed by atoms with van der Waals surface area (Å²) < 4.78 is 41.6. The van der Waals surface area contributed by atoms with E-state index in [9.17, 15) is 4.39 Å². The van der Waals surface area contributed by atoms with Gasteiger partial charge in [0.15, 0.2) is 17.2 Å². The lowest BCUT2D eigenvalue weighted by atomic mass is 9.85. The van der Waals surface area contributed by atoms with Gasteiger partial charge in [-0.2, -0.15) is 0 Å². The monoisotopic (exact) mass is 429 g/mol. The van der Waals surface area contributed by atoms with Crippen LogP contribution in [0.4, 0.5) is 8.78 Å². The van der Waals surface area contributed by atoms with E-state index in [4.69, 9.17) is 21.1 Å². The molecule has 156 valence electrons. The molecule has 0 spiro atoms. The first-order chi connectivity index (χ1) is 14.4. The number of benzene rings is 3. The molecule has 0 bridgehead atoms. The molecule has 1 aliphatic heterocycles. The third kappa shape index (κ3) is 3.22. The van der Waals surface area contributed by atoms with Crippen molar-refractivity contribution in [1.29, 1.82) is 0 Å². The van der Waals surface area contributed by atoms with Crippen molar-refractivity contribution in [3.8, 4) is 22.6 Å². The summed E-state index contributed by atoms with van der Waals surface area (Å²) in [5.41, 5.74) is 2.04. The fourth-order valence-corrected chi connectivity index (χ4v) is 4.47. The van der Waals surface area contributed by atoms with Crippen LogP contribution in [0.15, 0.2) is 48.5 Å². The average Bonchev–Trinajstić information content (AvgIpc) is 3.10. The summed E-state index contributed by atoms with van der Waals surface area (Å²) in [6, 6.07) is 14.3. The van der Waals surface area contributed by atoms with Gasteiger partial charge < -0.3 is 14.8 Å². The first-order valence-corrected chi connectivity index (χ1v) is 10.0. The summed E-state index contributed by atoms with van der Waals surface area (Å²) in [6.45, 7) is 2.25. The quantitative estimate of drug-likeness (QED) is 0.568. The molecule has 0 saturated heterocycles. The van der Waals surface area contributed by atoms with Gasteiger partial charge in [0.05, 0.1) is 12.1 Å². The average molecular weight is 430 g/mol. The predicted molar refractivity (Wildman–Crippen MR) is 114 cm³/mol. The topological polar surface area (TPSA) is 30.5 Å². The number of hydrogen-bond acceptors (Lipinski definition) is 3. The molecule has 1 atom stereocenters. The lowest BCUT2D eigenvalue weighted by Gasteiger charge is -2.29. The van der Waals surface area contributed by atoms with E-state index in [1.165, 1.54) is 13.2 Å². The number of halogens is 3. The third-order valence-corrected chi connectivity index (χ3v) is 5.97. The van der Waals surface area contributed by atoms with Gasteiger partial charge in [-0.05, 0) is 31.2 Å². The Hall–Kier alpha value is -2.63. The Morgan fingerprint density at radius 1 is 1.13 bits per heavy atom. The van der Waals surface area contributed by atoms with Crippen molar-refractivity contribution in [2.45, 2.75) is 18.9 Å². The third-order valence-electron chi connectivity index (χ3n) is 5.60. The van der Waals surface area contributed by atoms with Gasteiger partial charge in [-0.15, -0.1) is 0 Å². The Balaban J connectivity index is 1.96. The van der Waals surface area contributed by atoms with E-state index in [2.05, 4.69) is 5.32 Å². The predicted octanol–water partition coefficient (Wildman–Crippen LogP) is 5.65. The number of rotatable bonds is 5. The van der Waals surface area contributed by atoms with Crippen molar-refractivity contribution in [3.63, 3.8) is 0 Å². The minimum absolute atomic E-state index is 0.0770. The maximum Gasteiger partial charge on any atom is 0.173 e. The van der Waals surface area contributed by atoms with Crippen molar-refractivity contribution in [3.05, 3.63) is 81.9 Å². The van der Waals surface area contributed by atoms with E-state index < -0.39 is 17.2 Å². The van der Waals surface area contributed by atoms with Gasteiger partial charge in [-0.3, -0.25) is 0 Å². The first-order valence-electron chi connectivity index (χ1n) is 9.65. The standard InChI is InChI=1S/C24H22ClF2NO2/c1-14-9-10-18(29-3)23(27)20(14)21-16-12-24(13-28-2,15-7-5-4-6-8-15)30-19(16)11-17(26)22(21)25/h4-11,28H,12-13H2,1-3H3/t24-/m1/s1. The zero-order valence-corrected chi connectivity index (χ0v) is 17.7. The molecule has 1 N–H and O–H groups in total. The fraction of sp³-hybridized carbons (Fsp3) is 0.250. The number of fused-ring (bicyclic) bond motifs is 1. The Morgan fingerprint density at radius 2 is 1.87 bits per heavy atom. The molecule has 0 aromatic heterocycles. The van der Waals surface area contributed by atoms with Crippen LogP contribution in [0.2, 0.25) is 5.02 Å². The normalized spacial score (nSPS) is 17.5. The van der Waals surface area contributed by atoms with Crippen LogP contribution < -0.4 is 14.8 Å². The summed E-state index contributed by atoms with van der Waals surface area (Å²) >= 11 is 6.41. The number of aryl methyl sites for hydroxylation is 1. The molecule has 0 unspecified atom stereocenters. The Kier molecular flexibility index (Phi) is 5.43. The van der Waals surface area contributed by atoms with Crippen molar-refractivity contribution in [2.24, 2.45) is 0 Å². The van der Waals surface area contributed by atoms with Gasteiger partial charge in [0.2, 0.25) is 0 Å². The van der Waals surface area contributed by atoms with E-state index in [1.807, 2.05) is 37.4 Å². The Morgan fingerprint density at radius 3 is 2.53 bits per heavy atom. The number of ether oxygens (including phenoxy) is 2. The molecule has 3 nitrogen and oxygen atoms in total. The molecule has 0 radical (unpaired) electrons. The zero-order chi connectivity index (χ0) is 21.5. The SMILES string of the molecule is CNC[C@@]1(c2ccccc2)Cc2c(cc(F)c(Cl)c2-c2c(C)ccc(OC)c2F)O1. The molecule has 0 aliphatic carbocycles. The molecule has 3 aromatic carbocycles. The van der Waals surface area contributed by atoms with E-state index in [1.54, 1.807) is 19.1 Å². The van der Waals surface area contributed by atoms with Crippen molar-refractivity contribution < 1.29 is 18.3 Å². The second-order valence-corrected chi connectivity index (χ2v) is 7.85. The van der Waals surface area contributed by atoms with Crippen LogP contribution >= 0.6 is 11.6 Å². The molecule has 4 rings (SSSR count). The van der Waals surface area contributed by atoms with Crippen LogP contribution in [0, 0.1) is 18.6 Å². The largest absolute Gasteiger partial charge is 0.494 e. The van der Waals surface area contributed by atoms with Crippen LogP contribution in [0.5, 0.6) is 11.5 Å². The smallest absolute Gasteiger partial charge is 0.173 e. The minimum Gasteiger partial charge on any atom is -0.494 e. The molecule has 30 heavy (non-hydrogen) atoms. The number of methoxy groups -OCH3 is 1. The van der Waals surface area contributed by atoms with Gasteiger partial charge in [0.1, 0.15) is 11.6 Å². The fourth-order valence-electron chi connectivity index (χ4n) is 4.21. The summed E-state index contributed by atoms with van der Waals surface area (Å²) in [5, 5.41) is 3.04. The molecular weight excluding hydrogens is 408 g/mol. The van der Waals surface area contributed by atoms with Crippen LogP contribution in [-0.4, -0.2) is 20.7 Å². The van der Waals surface area contributed by atoms with Gasteiger partial charge >= 0.3 is 0 Å². The van der Waals surface area contributed by atoms with E-state index in [0.29, 0.717) is 35.4 Å². The summed E-state index contributed by atoms with van der Waals surface area (Å²) in [7, 11) is 3.23. The number of hydrogen-bond donors (Lipinski definition) is 1. The molecule has 0 amide bonds. The maximum absolute atomic E-state index is 15.3. The lowest BCUT2D eigenvalue weighted by molar-refractivity contribution is 0.0940. The van der Waals surface area contributed by atoms with Gasteiger partial charge in [-0.25, -0.2) is 8.78 Å². The van der Waals surface area contributed by atoms with Gasteiger partial charge in [-0.1, -0.05) is 48.0 Å². The molecule has 0 fully saturated rings. The van der Waals surface area contributed by atoms with Crippen LogP contribution in [-0.2, 0) is 12.0 Å². The summed E-state index contributed by atoms with van der Waals surface area (Å²) in [5.74, 6) is -0.779. The van der Waals surface area contributed by atoms with Crippen LogP contribution in [0.25, 0.3) is 11.1 Å². The molecule has 1 heterocycles. The lowest BCUT2D eigenvalue weighted by Crippen LogP contribution is -2.41. The number of likely N-dealkylation sites (N-methyl/N-ethyl adjacent to an activating group) is 1. The second kappa shape index (κ2) is 7.89.